The highest BCUT2D eigenvalue weighted by Gasteiger charge is 2.15. The molecule has 62 heavy (non-hydrogen) atoms. The molecule has 2 aromatic heterocycles. The number of nitrogens with zero attached hydrogens (tertiary/aromatic N) is 2. The molecule has 11 rings (SSSR count). The predicted octanol–water partition coefficient (Wildman–Crippen LogP) is 16.0. The second-order valence-electron chi connectivity index (χ2n) is 15.3. The minimum Gasteiger partial charge on any atom is -0.282 e. The van der Waals surface area contributed by atoms with E-state index in [4.69, 9.17) is 15.4 Å². The van der Waals surface area contributed by atoms with E-state index in [2.05, 4.69) is 176 Å². The van der Waals surface area contributed by atoms with Gasteiger partial charge in [0.15, 0.2) is 11.7 Å². The third-order valence-corrected chi connectivity index (χ3v) is 13.7. The van der Waals surface area contributed by atoms with Crippen LogP contribution >= 0.6 is 22.7 Å². The van der Waals surface area contributed by atoms with E-state index >= 15 is 0 Å². The number of rotatable bonds is 7. The van der Waals surface area contributed by atoms with Crippen molar-refractivity contribution in [1.82, 2.24) is 0 Å². The molecule has 0 bridgehead atoms. The summed E-state index contributed by atoms with van der Waals surface area (Å²) in [5.41, 5.74) is 11.9. The third-order valence-electron chi connectivity index (χ3n) is 11.5. The quantitative estimate of drug-likeness (QED) is 0.123. The fourth-order valence-electron chi connectivity index (χ4n) is 8.42. The Morgan fingerprint density at radius 2 is 0.952 bits per heavy atom. The number of fused-ring (bicyclic) bond motifs is 6. The molecule has 0 radical (unpaired) electrons. The summed E-state index contributed by atoms with van der Waals surface area (Å²) in [4.78, 5) is 10.0. The van der Waals surface area contributed by atoms with Gasteiger partial charge in [-0.05, 0) is 87.0 Å². The monoisotopic (exact) mass is 827 g/mol. The van der Waals surface area contributed by atoms with Crippen LogP contribution in [0.25, 0.3) is 84.9 Å². The van der Waals surface area contributed by atoms with Gasteiger partial charge >= 0.3 is 0 Å². The zero-order valence-corrected chi connectivity index (χ0v) is 35.1. The van der Waals surface area contributed by atoms with Crippen molar-refractivity contribution < 1.29 is 0 Å². The van der Waals surface area contributed by atoms with Crippen molar-refractivity contribution in [2.24, 2.45) is 9.98 Å². The molecule has 11 aromatic rings. The Bertz CT molecular complexity index is 3540. The van der Waals surface area contributed by atoms with Crippen molar-refractivity contribution >= 4 is 80.9 Å². The highest BCUT2D eigenvalue weighted by molar-refractivity contribution is 7.26. The molecule has 0 unspecified atom stereocenters. The molecule has 0 fully saturated rings. The highest BCUT2D eigenvalue weighted by Crippen LogP contribution is 2.41. The summed E-state index contributed by atoms with van der Waals surface area (Å²) in [6.07, 6.45) is 1.93. The van der Waals surface area contributed by atoms with Crippen molar-refractivity contribution in [2.75, 3.05) is 0 Å². The molecule has 3 nitrogen and oxygen atoms in total. The number of aliphatic imine (C=N–C) groups is 2. The second kappa shape index (κ2) is 16.1. The van der Waals surface area contributed by atoms with Gasteiger partial charge in [0.25, 0.3) is 0 Å². The van der Waals surface area contributed by atoms with Gasteiger partial charge in [-0.15, -0.1) is 22.7 Å². The highest BCUT2D eigenvalue weighted by atomic mass is 32.1. The van der Waals surface area contributed by atoms with Gasteiger partial charge in [-0.25, -0.2) is 9.98 Å². The molecule has 0 aliphatic rings. The van der Waals surface area contributed by atoms with Crippen LogP contribution in [0.3, 0.4) is 0 Å². The summed E-state index contributed by atoms with van der Waals surface area (Å²) >= 11 is 3.61. The third kappa shape index (κ3) is 7.13. The first-order valence-corrected chi connectivity index (χ1v) is 22.3. The Labute approximate surface area is 367 Å². The maximum Gasteiger partial charge on any atom is 0.161 e. The number of hydrogen-bond acceptors (Lipinski definition) is 3. The van der Waals surface area contributed by atoms with E-state index in [1.807, 2.05) is 53.9 Å². The Kier molecular flexibility index (Phi) is 9.74. The maximum absolute atomic E-state index is 9.05. The fourth-order valence-corrected chi connectivity index (χ4v) is 10.7. The van der Waals surface area contributed by atoms with Gasteiger partial charge < -0.3 is 0 Å². The van der Waals surface area contributed by atoms with Crippen molar-refractivity contribution in [3.8, 4) is 44.5 Å². The van der Waals surface area contributed by atoms with Gasteiger partial charge in [-0.3, -0.25) is 5.41 Å². The van der Waals surface area contributed by atoms with E-state index in [1.54, 1.807) is 11.3 Å². The molecule has 0 saturated carbocycles. The molecule has 1 N–H and O–H groups in total. The van der Waals surface area contributed by atoms with E-state index in [9.17, 15) is 0 Å². The van der Waals surface area contributed by atoms with Gasteiger partial charge in [0.1, 0.15) is 0 Å². The topological polar surface area (TPSA) is 48.6 Å². The summed E-state index contributed by atoms with van der Waals surface area (Å²) in [5.74, 6) is 0.638. The van der Waals surface area contributed by atoms with Crippen LogP contribution < -0.4 is 0 Å². The smallest absolute Gasteiger partial charge is 0.161 e. The van der Waals surface area contributed by atoms with Crippen LogP contribution in [0.5, 0.6) is 0 Å². The lowest BCUT2D eigenvalue weighted by atomic mass is 9.92. The van der Waals surface area contributed by atoms with Crippen LogP contribution in [0.1, 0.15) is 16.7 Å². The lowest BCUT2D eigenvalue weighted by Gasteiger charge is -2.12. The largest absolute Gasteiger partial charge is 0.282 e. The summed E-state index contributed by atoms with van der Waals surface area (Å²) in [6.45, 7) is 0. The van der Waals surface area contributed by atoms with Crippen molar-refractivity contribution in [3.05, 3.63) is 229 Å². The molecule has 292 valence electrons. The average Bonchev–Trinajstić information content (AvgIpc) is 3.91. The zero-order chi connectivity index (χ0) is 41.4. The van der Waals surface area contributed by atoms with Gasteiger partial charge in [0.05, 0.1) is 0 Å². The fraction of sp³-hybridized carbons (Fsp3) is 0. The Morgan fingerprint density at radius 3 is 1.79 bits per heavy atom. The minimum absolute atomic E-state index is 0.159. The van der Waals surface area contributed by atoms with E-state index in [0.29, 0.717) is 5.84 Å². The van der Waals surface area contributed by atoms with Crippen molar-refractivity contribution in [2.45, 2.75) is 0 Å². The number of amidine groups is 2. The van der Waals surface area contributed by atoms with Gasteiger partial charge in [0.2, 0.25) is 0 Å². The van der Waals surface area contributed by atoms with Crippen molar-refractivity contribution in [3.63, 3.8) is 0 Å². The van der Waals surface area contributed by atoms with E-state index in [1.165, 1.54) is 62.8 Å². The Balaban J connectivity index is 0.992. The second-order valence-corrected chi connectivity index (χ2v) is 17.5. The molecule has 0 saturated heterocycles. The molecule has 0 atom stereocenters. The lowest BCUT2D eigenvalue weighted by Crippen LogP contribution is -2.05. The zero-order valence-electron chi connectivity index (χ0n) is 33.5. The van der Waals surface area contributed by atoms with Gasteiger partial charge in [0, 0.05) is 63.2 Å². The van der Waals surface area contributed by atoms with Gasteiger partial charge in [-0.2, -0.15) is 0 Å². The van der Waals surface area contributed by atoms with E-state index < -0.39 is 0 Å². The molecule has 9 aromatic carbocycles. The maximum atomic E-state index is 9.05. The summed E-state index contributed by atoms with van der Waals surface area (Å²) < 4.78 is 4.96. The van der Waals surface area contributed by atoms with E-state index in [-0.39, 0.29) is 5.84 Å². The number of thiophene rings is 2. The van der Waals surface area contributed by atoms with Crippen molar-refractivity contribution in [1.29, 1.82) is 5.41 Å². The molecule has 5 heteroatoms. The van der Waals surface area contributed by atoms with Crippen LogP contribution in [-0.4, -0.2) is 17.9 Å². The first-order valence-electron chi connectivity index (χ1n) is 20.6. The van der Waals surface area contributed by atoms with E-state index in [0.717, 1.165) is 38.8 Å². The predicted molar refractivity (Wildman–Crippen MR) is 268 cm³/mol. The van der Waals surface area contributed by atoms with Crippen LogP contribution in [0.4, 0.5) is 0 Å². The lowest BCUT2D eigenvalue weighted by molar-refractivity contribution is 1.40. The summed E-state index contributed by atoms with van der Waals surface area (Å²) in [5, 5.41) is 14.0. The number of hydrogen-bond donors (Lipinski definition) is 1. The van der Waals surface area contributed by atoms with Crippen LogP contribution in [-0.2, 0) is 0 Å². The standard InChI is InChI=1S/C57H37N3S2/c58-56(38-16-5-2-6-17-38)60-57(44-21-12-19-40(33-44)41-28-30-49-48-25-9-10-26-51(48)62-54(49)35-41)59-36-45-22-13-27-53-55(45)50-34-43(29-31-52(50)61-53)47-24-8-7-23-46(47)42-20-11-18-39(32-42)37-14-3-1-4-15-37/h1-36,58H. The Morgan fingerprint density at radius 1 is 0.387 bits per heavy atom. The van der Waals surface area contributed by atoms with Crippen LogP contribution in [0.15, 0.2) is 222 Å². The molecular weight excluding hydrogens is 791 g/mol. The molecular formula is C57H37N3S2. The minimum atomic E-state index is 0.159. The van der Waals surface area contributed by atoms with Crippen LogP contribution in [0, 0.1) is 5.41 Å². The molecule has 0 aliphatic heterocycles. The van der Waals surface area contributed by atoms with Crippen LogP contribution in [0.2, 0.25) is 0 Å². The van der Waals surface area contributed by atoms with Gasteiger partial charge in [-0.1, -0.05) is 170 Å². The average molecular weight is 828 g/mol. The first kappa shape index (κ1) is 37.4. The SMILES string of the molecule is N=C(N=C(N=Cc1cccc2sc3ccc(-c4ccccc4-c4cccc(-c5ccccc5)c4)cc3c12)c1cccc(-c2ccc3c(c2)sc2ccccc23)c1)c1ccccc1. The molecule has 0 aliphatic carbocycles. The molecule has 0 amide bonds. The summed E-state index contributed by atoms with van der Waals surface area (Å²) in [6, 6.07) is 74.6. The number of nitrogens with one attached hydrogen (secondary N) is 1. The molecule has 2 heterocycles. The summed E-state index contributed by atoms with van der Waals surface area (Å²) in [7, 11) is 0. The molecule has 0 spiro atoms. The normalized spacial score (nSPS) is 12.0. The Hall–Kier alpha value is -7.57. The number of benzene rings is 9. The first-order chi connectivity index (χ1) is 30.6.